The van der Waals surface area contributed by atoms with Crippen molar-refractivity contribution in [1.29, 1.82) is 0 Å². The van der Waals surface area contributed by atoms with E-state index in [1.165, 1.54) is 27.0 Å². The van der Waals surface area contributed by atoms with Crippen molar-refractivity contribution in [2.75, 3.05) is 16.6 Å². The van der Waals surface area contributed by atoms with E-state index in [-0.39, 0.29) is 23.7 Å². The van der Waals surface area contributed by atoms with Gasteiger partial charge in [0, 0.05) is 12.7 Å². The summed E-state index contributed by atoms with van der Waals surface area (Å²) in [5.41, 5.74) is 1.08. The number of anilines is 1. The molecule has 0 aliphatic carbocycles. The van der Waals surface area contributed by atoms with Crippen LogP contribution >= 0.6 is 0 Å². The Morgan fingerprint density at radius 1 is 1.00 bits per heavy atom. The second-order valence-corrected chi connectivity index (χ2v) is 11.2. The molecule has 0 radical (unpaired) electrons. The zero-order chi connectivity index (χ0) is 21.9. The molecule has 1 aromatic carbocycles. The second-order valence-electron chi connectivity index (χ2n) is 7.26. The van der Waals surface area contributed by atoms with Crippen molar-refractivity contribution in [3.8, 4) is 0 Å². The van der Waals surface area contributed by atoms with E-state index in [0.29, 0.717) is 30.1 Å². The van der Waals surface area contributed by atoms with Crippen LogP contribution in [0.2, 0.25) is 0 Å². The highest BCUT2D eigenvalue weighted by atomic mass is 32.2. The van der Waals surface area contributed by atoms with E-state index in [0.717, 1.165) is 6.42 Å². The number of furan rings is 1. The third kappa shape index (κ3) is 4.81. The lowest BCUT2D eigenvalue weighted by Crippen LogP contribution is -2.37. The normalized spacial score (nSPS) is 16.5. The highest BCUT2D eigenvalue weighted by molar-refractivity contribution is 7.92. The summed E-state index contributed by atoms with van der Waals surface area (Å²) >= 11 is 0. The maximum absolute atomic E-state index is 13.4. The van der Waals surface area contributed by atoms with Crippen molar-refractivity contribution in [3.63, 3.8) is 0 Å². The molecular weight excluding hydrogens is 438 g/mol. The van der Waals surface area contributed by atoms with Crippen molar-refractivity contribution >= 4 is 25.7 Å². The lowest BCUT2D eigenvalue weighted by molar-refractivity contribution is 0.355. The van der Waals surface area contributed by atoms with E-state index < -0.39 is 20.0 Å². The molecule has 3 aromatic rings. The van der Waals surface area contributed by atoms with E-state index in [9.17, 15) is 16.8 Å². The minimum atomic E-state index is -3.89. The van der Waals surface area contributed by atoms with Crippen LogP contribution < -0.4 is 4.31 Å². The summed E-state index contributed by atoms with van der Waals surface area (Å²) in [5.74, 6) is 0.615. The number of sulfonamides is 2. The summed E-state index contributed by atoms with van der Waals surface area (Å²) in [4.78, 5) is 4.31. The molecule has 0 N–H and O–H groups in total. The van der Waals surface area contributed by atoms with Crippen LogP contribution in [0.5, 0.6) is 0 Å². The van der Waals surface area contributed by atoms with Crippen molar-refractivity contribution in [1.82, 2.24) is 9.29 Å². The fourth-order valence-corrected chi connectivity index (χ4v) is 6.50. The Morgan fingerprint density at radius 3 is 2.45 bits per heavy atom. The van der Waals surface area contributed by atoms with Crippen molar-refractivity contribution in [2.45, 2.75) is 30.8 Å². The Bertz CT molecular complexity index is 1210. The fraction of sp³-hybridized carbons (Fsp3) is 0.286. The molecule has 0 bridgehead atoms. The monoisotopic (exact) mass is 461 g/mol. The van der Waals surface area contributed by atoms with Gasteiger partial charge >= 0.3 is 0 Å². The topological polar surface area (TPSA) is 101 Å². The van der Waals surface area contributed by atoms with E-state index >= 15 is 0 Å². The van der Waals surface area contributed by atoms with Gasteiger partial charge in [-0.3, -0.25) is 9.29 Å². The molecule has 1 aliphatic rings. The quantitative estimate of drug-likeness (QED) is 0.536. The van der Waals surface area contributed by atoms with Crippen molar-refractivity contribution in [2.24, 2.45) is 0 Å². The third-order valence-corrected chi connectivity index (χ3v) is 8.76. The van der Waals surface area contributed by atoms with Crippen LogP contribution in [0.15, 0.2) is 76.4 Å². The van der Waals surface area contributed by atoms with Crippen molar-refractivity contribution in [3.05, 3.63) is 78.5 Å². The number of benzene rings is 1. The van der Waals surface area contributed by atoms with Crippen LogP contribution in [0.3, 0.4) is 0 Å². The molecule has 0 atom stereocenters. The first-order chi connectivity index (χ1) is 14.9. The molecule has 4 rings (SSSR count). The zero-order valence-corrected chi connectivity index (χ0v) is 18.4. The number of rotatable bonds is 7. The van der Waals surface area contributed by atoms with Crippen molar-refractivity contribution < 1.29 is 21.3 Å². The molecule has 0 saturated carbocycles. The minimum absolute atomic E-state index is 0.0498. The van der Waals surface area contributed by atoms with E-state index in [1.54, 1.807) is 48.7 Å². The summed E-state index contributed by atoms with van der Waals surface area (Å²) in [6.45, 7) is 0.527. The summed E-state index contributed by atoms with van der Waals surface area (Å²) in [5, 5.41) is 0. The van der Waals surface area contributed by atoms with E-state index in [4.69, 9.17) is 4.42 Å². The number of hydrogen-bond acceptors (Lipinski definition) is 6. The van der Waals surface area contributed by atoms with Crippen LogP contribution in [0, 0.1) is 0 Å². The highest BCUT2D eigenvalue weighted by Crippen LogP contribution is 2.27. The molecule has 10 heteroatoms. The molecule has 0 amide bonds. The Balaban J connectivity index is 1.63. The molecule has 1 aliphatic heterocycles. The van der Waals surface area contributed by atoms with Gasteiger partial charge in [-0.25, -0.2) is 16.8 Å². The first-order valence-electron chi connectivity index (χ1n) is 9.89. The predicted molar refractivity (Wildman–Crippen MR) is 116 cm³/mol. The maximum Gasteiger partial charge on any atom is 0.243 e. The van der Waals surface area contributed by atoms with Crippen LogP contribution in [0.25, 0.3) is 0 Å². The molecule has 1 saturated heterocycles. The van der Waals surface area contributed by atoms with Gasteiger partial charge in [0.2, 0.25) is 20.0 Å². The van der Waals surface area contributed by atoms with E-state index in [1.807, 2.05) is 0 Å². The van der Waals surface area contributed by atoms with Crippen LogP contribution in [-0.2, 0) is 33.1 Å². The average Bonchev–Trinajstić information content (AvgIpc) is 3.27. The molecule has 164 valence electrons. The lowest BCUT2D eigenvalue weighted by Gasteiger charge is -2.28. The molecular formula is C21H23N3O5S2. The molecule has 1 fully saturated rings. The SMILES string of the molecule is O=S1(=O)CCCCN1c1ccc(S(=O)(=O)N(Cc2ccccn2)Cc2ccco2)cc1. The second kappa shape index (κ2) is 8.81. The van der Waals surface area contributed by atoms with Gasteiger partial charge in [0.1, 0.15) is 5.76 Å². The Hall–Kier alpha value is -2.69. The fourth-order valence-electron chi connectivity index (χ4n) is 3.49. The number of pyridine rings is 1. The first kappa shape index (κ1) is 21.5. The number of aromatic nitrogens is 1. The first-order valence-corrected chi connectivity index (χ1v) is 12.9. The predicted octanol–water partition coefficient (Wildman–Crippen LogP) is 3.00. The van der Waals surface area contributed by atoms with Crippen LogP contribution in [-0.4, -0.2) is 38.4 Å². The van der Waals surface area contributed by atoms with Gasteiger partial charge in [-0.2, -0.15) is 4.31 Å². The Morgan fingerprint density at radius 2 is 1.81 bits per heavy atom. The summed E-state index contributed by atoms with van der Waals surface area (Å²) in [6.07, 6.45) is 4.52. The zero-order valence-electron chi connectivity index (χ0n) is 16.8. The van der Waals surface area contributed by atoms with Gasteiger partial charge in [0.15, 0.2) is 0 Å². The smallest absolute Gasteiger partial charge is 0.243 e. The van der Waals surface area contributed by atoms with Gasteiger partial charge in [0.25, 0.3) is 0 Å². The van der Waals surface area contributed by atoms with Gasteiger partial charge in [0.05, 0.1) is 41.4 Å². The number of hydrogen-bond donors (Lipinski definition) is 0. The third-order valence-electron chi connectivity index (χ3n) is 5.09. The summed E-state index contributed by atoms with van der Waals surface area (Å²) in [6, 6.07) is 14.7. The van der Waals surface area contributed by atoms with Gasteiger partial charge in [-0.15, -0.1) is 0 Å². The molecule has 0 unspecified atom stereocenters. The Labute approximate surface area is 182 Å². The summed E-state index contributed by atoms with van der Waals surface area (Å²) < 4.78 is 59.5. The lowest BCUT2D eigenvalue weighted by atomic mass is 10.3. The molecule has 31 heavy (non-hydrogen) atoms. The largest absolute Gasteiger partial charge is 0.468 e. The Kier molecular flexibility index (Phi) is 6.12. The van der Waals surface area contributed by atoms with Gasteiger partial charge < -0.3 is 4.42 Å². The highest BCUT2D eigenvalue weighted by Gasteiger charge is 2.29. The van der Waals surface area contributed by atoms with Gasteiger partial charge in [-0.1, -0.05) is 6.07 Å². The molecule has 3 heterocycles. The molecule has 0 spiro atoms. The average molecular weight is 462 g/mol. The molecule has 2 aromatic heterocycles. The minimum Gasteiger partial charge on any atom is -0.468 e. The van der Waals surface area contributed by atoms with Crippen LogP contribution in [0.1, 0.15) is 24.3 Å². The maximum atomic E-state index is 13.4. The van der Waals surface area contributed by atoms with Crippen LogP contribution in [0.4, 0.5) is 5.69 Å². The number of nitrogens with zero attached hydrogens (tertiary/aromatic N) is 3. The standard InChI is InChI=1S/C21H23N3O5S2/c25-30(26)15-4-3-13-24(30)19-8-10-21(11-9-19)31(27,28)23(17-20-7-5-14-29-20)16-18-6-1-2-12-22-18/h1-2,5-12,14H,3-4,13,15-17H2. The van der Waals surface area contributed by atoms with Gasteiger partial charge in [-0.05, 0) is 61.4 Å². The van der Waals surface area contributed by atoms with E-state index in [2.05, 4.69) is 4.98 Å². The summed E-state index contributed by atoms with van der Waals surface area (Å²) in [7, 11) is -7.25. The molecule has 8 nitrogen and oxygen atoms in total.